The lowest BCUT2D eigenvalue weighted by molar-refractivity contribution is 0.0943. The first-order chi connectivity index (χ1) is 12.2. The number of ketones is 1. The third-order valence-corrected chi connectivity index (χ3v) is 4.45. The first-order valence-electron chi connectivity index (χ1n) is 8.19. The zero-order valence-corrected chi connectivity index (χ0v) is 15.6. The van der Waals surface area contributed by atoms with Crippen molar-refractivity contribution in [3.8, 4) is 5.75 Å². The summed E-state index contributed by atoms with van der Waals surface area (Å²) >= 11 is 0. The summed E-state index contributed by atoms with van der Waals surface area (Å²) in [6.07, 6.45) is 0. The molecule has 0 bridgehead atoms. The van der Waals surface area contributed by atoms with Crippen LogP contribution >= 0.6 is 0 Å². The first-order valence-corrected chi connectivity index (χ1v) is 8.19. The van der Waals surface area contributed by atoms with Crippen LogP contribution < -0.4 is 27.0 Å². The van der Waals surface area contributed by atoms with E-state index in [0.717, 1.165) is 14.7 Å². The maximum Gasteiger partial charge on any atom is 0.332 e. The number of nitrogens with one attached hydrogen (secondary N) is 1. The Bertz CT molecular complexity index is 945. The molecule has 2 aromatic rings. The lowest BCUT2D eigenvalue weighted by atomic mass is 10.0. The van der Waals surface area contributed by atoms with Crippen molar-refractivity contribution >= 4 is 11.6 Å². The largest absolute Gasteiger partial charge is 0.496 e. The summed E-state index contributed by atoms with van der Waals surface area (Å²) in [5, 5.41) is 3.16. The lowest BCUT2D eigenvalue weighted by Crippen LogP contribution is -2.45. The number of carbonyl (C=O) groups excluding carboxylic acids is 1. The topological polar surface area (TPSA) is 108 Å². The van der Waals surface area contributed by atoms with Crippen LogP contribution in [-0.4, -0.2) is 28.1 Å². The van der Waals surface area contributed by atoms with E-state index < -0.39 is 23.1 Å². The molecule has 1 aromatic heterocycles. The van der Waals surface area contributed by atoms with Crippen LogP contribution in [0.3, 0.4) is 0 Å². The number of benzene rings is 1. The summed E-state index contributed by atoms with van der Waals surface area (Å²) in [6.45, 7) is 3.54. The van der Waals surface area contributed by atoms with Crippen LogP contribution in [0.2, 0.25) is 0 Å². The molecule has 2 rings (SSSR count). The second-order valence-electron chi connectivity index (χ2n) is 6.18. The van der Waals surface area contributed by atoms with Crippen molar-refractivity contribution in [2.75, 3.05) is 12.8 Å². The monoisotopic (exact) mass is 360 g/mol. The van der Waals surface area contributed by atoms with Crippen LogP contribution in [0, 0.1) is 0 Å². The number of anilines is 1. The molecule has 1 aromatic carbocycles. The molecule has 0 aliphatic heterocycles. The Hall–Kier alpha value is -2.87. The van der Waals surface area contributed by atoms with Crippen LogP contribution in [-0.2, 0) is 14.1 Å². The van der Waals surface area contributed by atoms with Crippen molar-refractivity contribution in [1.82, 2.24) is 14.5 Å². The Balaban J connectivity index is 2.34. The van der Waals surface area contributed by atoms with Gasteiger partial charge in [0, 0.05) is 25.7 Å². The highest BCUT2D eigenvalue weighted by molar-refractivity contribution is 6.03. The van der Waals surface area contributed by atoms with E-state index in [1.54, 1.807) is 14.0 Å². The minimum atomic E-state index is -0.700. The van der Waals surface area contributed by atoms with Gasteiger partial charge in [0.2, 0.25) is 0 Å². The number of nitrogens with two attached hydrogens (primary N) is 1. The number of carbonyl (C=O) groups is 1. The van der Waals surface area contributed by atoms with Crippen molar-refractivity contribution < 1.29 is 9.53 Å². The molecule has 2 unspecified atom stereocenters. The van der Waals surface area contributed by atoms with Crippen LogP contribution in [0.15, 0.2) is 33.9 Å². The Kier molecular flexibility index (Phi) is 5.66. The molecule has 0 spiro atoms. The van der Waals surface area contributed by atoms with Gasteiger partial charge in [0.1, 0.15) is 17.1 Å². The fourth-order valence-corrected chi connectivity index (χ4v) is 2.87. The summed E-state index contributed by atoms with van der Waals surface area (Å²) in [4.78, 5) is 37.1. The van der Waals surface area contributed by atoms with Gasteiger partial charge in [-0.25, -0.2) is 4.79 Å². The summed E-state index contributed by atoms with van der Waals surface area (Å²) in [5.74, 6) is 0.0897. The normalized spacial score (nSPS) is 13.3. The zero-order valence-electron chi connectivity index (χ0n) is 15.6. The number of rotatable bonds is 6. The van der Waals surface area contributed by atoms with Gasteiger partial charge in [-0.15, -0.1) is 0 Å². The number of ether oxygens (including phenoxy) is 1. The number of hydrogen-bond donors (Lipinski definition) is 2. The van der Waals surface area contributed by atoms with Crippen molar-refractivity contribution in [2.45, 2.75) is 25.9 Å². The summed E-state index contributed by atoms with van der Waals surface area (Å²) in [5.41, 5.74) is 5.28. The van der Waals surface area contributed by atoms with Gasteiger partial charge >= 0.3 is 5.69 Å². The van der Waals surface area contributed by atoms with Crippen LogP contribution in [0.25, 0.3) is 0 Å². The van der Waals surface area contributed by atoms with Crippen molar-refractivity contribution in [3.05, 3.63) is 56.2 Å². The predicted octanol–water partition coefficient (Wildman–Crippen LogP) is 0.597. The Labute approximate surface area is 151 Å². The molecule has 1 heterocycles. The molecule has 0 aliphatic rings. The molecular weight excluding hydrogens is 336 g/mol. The molecule has 0 saturated heterocycles. The van der Waals surface area contributed by atoms with Gasteiger partial charge in [-0.1, -0.05) is 18.2 Å². The van der Waals surface area contributed by atoms with Gasteiger partial charge in [-0.05, 0) is 19.9 Å². The number of Topliss-reactive ketones (excluding diaryl/α,β-unsaturated/α-hetero) is 1. The molecule has 26 heavy (non-hydrogen) atoms. The molecule has 0 saturated carbocycles. The lowest BCUT2D eigenvalue weighted by Gasteiger charge is -2.22. The molecule has 2 atom stereocenters. The molecule has 0 fully saturated rings. The molecule has 0 amide bonds. The average molecular weight is 360 g/mol. The van der Waals surface area contributed by atoms with Crippen LogP contribution in [0.4, 0.5) is 5.82 Å². The average Bonchev–Trinajstić information content (AvgIpc) is 2.64. The minimum Gasteiger partial charge on any atom is -0.496 e. The number of para-hydroxylation sites is 1. The maximum absolute atomic E-state index is 12.8. The van der Waals surface area contributed by atoms with Gasteiger partial charge in [-0.3, -0.25) is 18.7 Å². The number of nitrogens with zero attached hydrogens (tertiary/aromatic N) is 2. The molecule has 8 nitrogen and oxygen atoms in total. The number of hydrogen-bond acceptors (Lipinski definition) is 6. The third kappa shape index (κ3) is 3.41. The van der Waals surface area contributed by atoms with Gasteiger partial charge in [0.15, 0.2) is 5.78 Å². The van der Waals surface area contributed by atoms with E-state index >= 15 is 0 Å². The second-order valence-corrected chi connectivity index (χ2v) is 6.18. The first kappa shape index (κ1) is 19.5. The minimum absolute atomic E-state index is 0.137. The molecular formula is C18H24N4O4. The van der Waals surface area contributed by atoms with Crippen LogP contribution in [0.5, 0.6) is 5.75 Å². The van der Waals surface area contributed by atoms with Crippen LogP contribution in [0.1, 0.15) is 35.8 Å². The van der Waals surface area contributed by atoms with Gasteiger partial charge in [0.25, 0.3) is 5.56 Å². The summed E-state index contributed by atoms with van der Waals surface area (Å²) < 4.78 is 7.30. The van der Waals surface area contributed by atoms with E-state index in [9.17, 15) is 14.4 Å². The third-order valence-electron chi connectivity index (χ3n) is 4.45. The quantitative estimate of drug-likeness (QED) is 0.730. The maximum atomic E-state index is 12.8. The SMILES string of the molecule is COc1ccccc1C(C)NC(C)C(=O)c1c(N)n(C)c(=O)n(C)c1=O. The van der Waals surface area contributed by atoms with E-state index in [1.807, 2.05) is 31.2 Å². The van der Waals surface area contributed by atoms with Crippen molar-refractivity contribution in [1.29, 1.82) is 0 Å². The summed E-state index contributed by atoms with van der Waals surface area (Å²) in [6, 6.07) is 6.57. The fourth-order valence-electron chi connectivity index (χ4n) is 2.87. The fraction of sp³-hybridized carbons (Fsp3) is 0.389. The molecule has 140 valence electrons. The molecule has 8 heteroatoms. The number of aromatic nitrogens is 2. The number of nitrogen functional groups attached to an aromatic ring is 1. The van der Waals surface area contributed by atoms with Gasteiger partial charge < -0.3 is 15.8 Å². The Morgan fingerprint density at radius 2 is 1.77 bits per heavy atom. The zero-order chi connectivity index (χ0) is 19.6. The van der Waals surface area contributed by atoms with Gasteiger partial charge in [-0.2, -0.15) is 0 Å². The smallest absolute Gasteiger partial charge is 0.332 e. The van der Waals surface area contributed by atoms with E-state index in [4.69, 9.17) is 10.5 Å². The van der Waals surface area contributed by atoms with Crippen molar-refractivity contribution in [3.63, 3.8) is 0 Å². The predicted molar refractivity (Wildman–Crippen MR) is 99.7 cm³/mol. The van der Waals surface area contributed by atoms with E-state index in [-0.39, 0.29) is 17.4 Å². The van der Waals surface area contributed by atoms with E-state index in [1.165, 1.54) is 14.1 Å². The van der Waals surface area contributed by atoms with Gasteiger partial charge in [0.05, 0.1) is 13.2 Å². The highest BCUT2D eigenvalue weighted by Crippen LogP contribution is 2.25. The molecule has 0 radical (unpaired) electrons. The number of methoxy groups -OCH3 is 1. The second kappa shape index (κ2) is 7.57. The Morgan fingerprint density at radius 3 is 2.38 bits per heavy atom. The molecule has 3 N–H and O–H groups in total. The summed E-state index contributed by atoms with van der Waals surface area (Å²) in [7, 11) is 4.31. The Morgan fingerprint density at radius 1 is 1.15 bits per heavy atom. The highest BCUT2D eigenvalue weighted by atomic mass is 16.5. The standard InChI is InChI=1S/C18H24N4O4/c1-10(12-8-6-7-9-13(12)26-5)20-11(2)15(23)14-16(19)21(3)18(25)22(4)17(14)24/h6-11,20H,19H2,1-5H3. The van der Waals surface area contributed by atoms with E-state index in [2.05, 4.69) is 5.32 Å². The van der Waals surface area contributed by atoms with E-state index in [0.29, 0.717) is 5.75 Å². The molecule has 0 aliphatic carbocycles. The highest BCUT2D eigenvalue weighted by Gasteiger charge is 2.26. The van der Waals surface area contributed by atoms with Crippen molar-refractivity contribution in [2.24, 2.45) is 14.1 Å².